The number of carbonyl (C=O) groups is 3. The monoisotopic (exact) mass is 327 g/mol. The normalized spacial score (nSPS) is 13.4. The van der Waals surface area contributed by atoms with Gasteiger partial charge in [-0.1, -0.05) is 19.9 Å². The topological polar surface area (TPSA) is 122 Å². The predicted octanol–water partition coefficient (Wildman–Crippen LogP) is 1.46. The van der Waals surface area contributed by atoms with E-state index in [4.69, 9.17) is 10.8 Å². The number of carboxylic acids is 1. The van der Waals surface area contributed by atoms with Gasteiger partial charge in [0, 0.05) is 4.88 Å². The van der Waals surface area contributed by atoms with Crippen LogP contribution in [0.1, 0.15) is 37.6 Å². The molecular weight excluding hydrogens is 306 g/mol. The van der Waals surface area contributed by atoms with Crippen molar-refractivity contribution in [2.75, 3.05) is 0 Å². The van der Waals surface area contributed by atoms with Gasteiger partial charge in [0.2, 0.25) is 5.91 Å². The van der Waals surface area contributed by atoms with E-state index in [1.807, 2.05) is 19.2 Å². The molecule has 1 aromatic rings. The first-order valence-corrected chi connectivity index (χ1v) is 7.79. The number of hydrogen-bond donors (Lipinski definition) is 4. The number of rotatable bonds is 8. The van der Waals surface area contributed by atoms with E-state index in [0.29, 0.717) is 6.42 Å². The minimum atomic E-state index is -1.07. The second kappa shape index (κ2) is 8.38. The Labute approximate surface area is 132 Å². The zero-order chi connectivity index (χ0) is 16.7. The van der Waals surface area contributed by atoms with Crippen molar-refractivity contribution >= 4 is 29.2 Å². The van der Waals surface area contributed by atoms with Crippen LogP contribution in [-0.2, 0) is 9.59 Å². The minimum absolute atomic E-state index is 0.0642. The van der Waals surface area contributed by atoms with Crippen LogP contribution in [0.25, 0.3) is 0 Å². The fourth-order valence-electron chi connectivity index (χ4n) is 2.02. The third-order valence-corrected chi connectivity index (χ3v) is 3.92. The Morgan fingerprint density at radius 2 is 2.00 bits per heavy atom. The Morgan fingerprint density at radius 3 is 2.45 bits per heavy atom. The summed E-state index contributed by atoms with van der Waals surface area (Å²) < 4.78 is 0. The molecule has 7 nitrogen and oxygen atoms in total. The summed E-state index contributed by atoms with van der Waals surface area (Å²) in [7, 11) is 0. The maximum Gasteiger partial charge on any atom is 0.326 e. The van der Waals surface area contributed by atoms with Crippen LogP contribution in [0.15, 0.2) is 17.5 Å². The Morgan fingerprint density at radius 1 is 1.32 bits per heavy atom. The van der Waals surface area contributed by atoms with Crippen molar-refractivity contribution in [2.45, 2.75) is 38.8 Å². The Bertz CT molecular complexity index is 516. The molecule has 0 aromatic carbocycles. The average Bonchev–Trinajstić information content (AvgIpc) is 2.89. The van der Waals surface area contributed by atoms with E-state index in [9.17, 15) is 14.4 Å². The third-order valence-electron chi connectivity index (χ3n) is 2.93. The highest BCUT2D eigenvalue weighted by molar-refractivity contribution is 7.10. The number of nitrogens with two attached hydrogens (primary N) is 1. The fourth-order valence-corrected chi connectivity index (χ4v) is 2.79. The highest BCUT2D eigenvalue weighted by Gasteiger charge is 2.24. The molecule has 0 saturated carbocycles. The van der Waals surface area contributed by atoms with Gasteiger partial charge in [-0.25, -0.2) is 9.59 Å². The molecule has 1 rings (SSSR count). The molecule has 22 heavy (non-hydrogen) atoms. The van der Waals surface area contributed by atoms with Crippen molar-refractivity contribution in [3.63, 3.8) is 0 Å². The van der Waals surface area contributed by atoms with E-state index in [1.165, 1.54) is 11.3 Å². The van der Waals surface area contributed by atoms with Crippen molar-refractivity contribution in [3.05, 3.63) is 22.4 Å². The molecule has 8 heteroatoms. The molecule has 0 bridgehead atoms. The number of carboxylic acid groups (broad SMARTS) is 1. The number of urea groups is 1. The highest BCUT2D eigenvalue weighted by atomic mass is 32.1. The van der Waals surface area contributed by atoms with E-state index < -0.39 is 30.0 Å². The number of amides is 3. The summed E-state index contributed by atoms with van der Waals surface area (Å²) in [4.78, 5) is 35.1. The number of carbonyl (C=O) groups excluding carboxylic acids is 2. The molecule has 0 radical (unpaired) electrons. The van der Waals surface area contributed by atoms with Crippen molar-refractivity contribution in [1.82, 2.24) is 10.6 Å². The number of thiophene rings is 1. The molecular formula is C14H21N3O4S. The first kappa shape index (κ1) is 18.0. The van der Waals surface area contributed by atoms with Crippen LogP contribution < -0.4 is 16.4 Å². The first-order chi connectivity index (χ1) is 10.3. The largest absolute Gasteiger partial charge is 0.480 e. The maximum atomic E-state index is 12.1. The summed E-state index contributed by atoms with van der Waals surface area (Å²) >= 11 is 1.38. The summed E-state index contributed by atoms with van der Waals surface area (Å²) in [5, 5.41) is 15.9. The van der Waals surface area contributed by atoms with Crippen LogP contribution in [0.5, 0.6) is 0 Å². The minimum Gasteiger partial charge on any atom is -0.480 e. The van der Waals surface area contributed by atoms with Gasteiger partial charge in [-0.3, -0.25) is 4.79 Å². The number of hydrogen-bond acceptors (Lipinski definition) is 4. The second-order valence-electron chi connectivity index (χ2n) is 5.37. The zero-order valence-corrected chi connectivity index (χ0v) is 13.4. The predicted molar refractivity (Wildman–Crippen MR) is 83.4 cm³/mol. The summed E-state index contributed by atoms with van der Waals surface area (Å²) in [5.41, 5.74) is 5.12. The second-order valence-corrected chi connectivity index (χ2v) is 6.35. The molecule has 0 spiro atoms. The fraction of sp³-hybridized carbons (Fsp3) is 0.500. The van der Waals surface area contributed by atoms with Gasteiger partial charge in [0.25, 0.3) is 0 Å². The van der Waals surface area contributed by atoms with Gasteiger partial charge in [-0.05, 0) is 23.8 Å². The van der Waals surface area contributed by atoms with Crippen molar-refractivity contribution < 1.29 is 19.5 Å². The van der Waals surface area contributed by atoms with Crippen LogP contribution in [0.2, 0.25) is 0 Å². The van der Waals surface area contributed by atoms with Crippen molar-refractivity contribution in [3.8, 4) is 0 Å². The molecule has 0 fully saturated rings. The van der Waals surface area contributed by atoms with Gasteiger partial charge in [0.05, 0.1) is 12.5 Å². The lowest BCUT2D eigenvalue weighted by Crippen LogP contribution is -2.43. The smallest absolute Gasteiger partial charge is 0.326 e. The van der Waals surface area contributed by atoms with Crippen LogP contribution in [0.4, 0.5) is 4.79 Å². The summed E-state index contributed by atoms with van der Waals surface area (Å²) in [6.07, 6.45) is 0.277. The lowest BCUT2D eigenvalue weighted by atomic mass is 10.0. The molecule has 122 valence electrons. The number of aliphatic carboxylic acids is 1. The van der Waals surface area contributed by atoms with Gasteiger partial charge >= 0.3 is 12.0 Å². The van der Waals surface area contributed by atoms with Crippen molar-refractivity contribution in [1.29, 1.82) is 0 Å². The van der Waals surface area contributed by atoms with Gasteiger partial charge < -0.3 is 21.5 Å². The Balaban J connectivity index is 2.70. The summed E-state index contributed by atoms with van der Waals surface area (Å²) in [6, 6.07) is 1.34. The number of primary amides is 1. The summed E-state index contributed by atoms with van der Waals surface area (Å²) in [6.45, 7) is 3.76. The molecule has 0 aliphatic rings. The van der Waals surface area contributed by atoms with Crippen molar-refractivity contribution in [2.24, 2.45) is 11.7 Å². The Kier molecular flexibility index (Phi) is 6.84. The van der Waals surface area contributed by atoms with E-state index in [0.717, 1.165) is 4.88 Å². The number of nitrogens with one attached hydrogen (secondary N) is 2. The maximum absolute atomic E-state index is 12.1. The lowest BCUT2D eigenvalue weighted by molar-refractivity contribution is -0.142. The van der Waals surface area contributed by atoms with E-state index in [-0.39, 0.29) is 12.3 Å². The van der Waals surface area contributed by atoms with E-state index in [1.54, 1.807) is 12.1 Å². The Hall–Kier alpha value is -2.09. The molecule has 0 aliphatic heterocycles. The third kappa shape index (κ3) is 6.13. The zero-order valence-electron chi connectivity index (χ0n) is 12.5. The van der Waals surface area contributed by atoms with Crippen LogP contribution in [-0.4, -0.2) is 29.1 Å². The van der Waals surface area contributed by atoms with E-state index >= 15 is 0 Å². The molecule has 1 heterocycles. The molecule has 2 unspecified atom stereocenters. The lowest BCUT2D eigenvalue weighted by Gasteiger charge is -2.19. The molecule has 0 saturated heterocycles. The molecule has 2 atom stereocenters. The SMILES string of the molecule is CC(C)CC(NC(=O)CC(NC(N)=O)c1cccs1)C(=O)O. The molecule has 3 amide bonds. The van der Waals surface area contributed by atoms with Crippen LogP contribution in [0.3, 0.4) is 0 Å². The first-order valence-electron chi connectivity index (χ1n) is 6.91. The highest BCUT2D eigenvalue weighted by Crippen LogP contribution is 2.22. The van der Waals surface area contributed by atoms with E-state index in [2.05, 4.69) is 10.6 Å². The van der Waals surface area contributed by atoms with Crippen LogP contribution >= 0.6 is 11.3 Å². The summed E-state index contributed by atoms with van der Waals surface area (Å²) in [5.74, 6) is -1.38. The molecule has 5 N–H and O–H groups in total. The standard InChI is InChI=1S/C14H21N3O4S/c1-8(2)6-10(13(19)20)16-12(18)7-9(17-14(15)21)11-4-3-5-22-11/h3-5,8-10H,6-7H2,1-2H3,(H,16,18)(H,19,20)(H3,15,17,21). The van der Waals surface area contributed by atoms with Crippen LogP contribution in [0, 0.1) is 5.92 Å². The van der Waals surface area contributed by atoms with Gasteiger partial charge in [0.1, 0.15) is 6.04 Å². The molecule has 0 aliphatic carbocycles. The van der Waals surface area contributed by atoms with Gasteiger partial charge in [0.15, 0.2) is 0 Å². The average molecular weight is 327 g/mol. The van der Waals surface area contributed by atoms with Gasteiger partial charge in [-0.2, -0.15) is 0 Å². The van der Waals surface area contributed by atoms with Gasteiger partial charge in [-0.15, -0.1) is 11.3 Å². The molecule has 1 aromatic heterocycles. The quantitative estimate of drug-likeness (QED) is 0.577.